The Bertz CT molecular complexity index is 302. The first-order valence-corrected chi connectivity index (χ1v) is 8.55. The lowest BCUT2D eigenvalue weighted by molar-refractivity contribution is -0.130. The Balaban J connectivity index is 1.77. The van der Waals surface area contributed by atoms with Gasteiger partial charge in [-0.15, -0.1) is 0 Å². The van der Waals surface area contributed by atoms with E-state index in [0.717, 1.165) is 45.2 Å². The van der Waals surface area contributed by atoms with E-state index in [1.165, 1.54) is 25.9 Å². The maximum absolute atomic E-state index is 12.5. The monoisotopic (exact) mass is 281 g/mol. The van der Waals surface area contributed by atoms with Crippen molar-refractivity contribution in [3.8, 4) is 0 Å². The fourth-order valence-corrected chi connectivity index (χ4v) is 3.44. The predicted octanol–water partition coefficient (Wildman–Crippen LogP) is 2.20. The highest BCUT2D eigenvalue weighted by Crippen LogP contribution is 2.18. The average molecular weight is 281 g/mol. The van der Waals surface area contributed by atoms with Crippen LogP contribution in [-0.4, -0.2) is 54.1 Å². The molecule has 0 aliphatic carbocycles. The predicted molar refractivity (Wildman–Crippen MR) is 82.5 cm³/mol. The zero-order chi connectivity index (χ0) is 14.4. The van der Waals surface area contributed by atoms with Crippen molar-refractivity contribution in [3.63, 3.8) is 0 Å². The molecule has 4 heteroatoms. The molecule has 2 fully saturated rings. The fraction of sp³-hybridized carbons (Fsp3) is 0.938. The van der Waals surface area contributed by atoms with Gasteiger partial charge in [0.15, 0.2) is 0 Å². The first-order valence-electron chi connectivity index (χ1n) is 8.55. The molecule has 0 spiro atoms. The number of likely N-dealkylation sites (tertiary alicyclic amines) is 1. The molecule has 0 aromatic heterocycles. The van der Waals surface area contributed by atoms with Gasteiger partial charge in [-0.3, -0.25) is 10.1 Å². The maximum atomic E-state index is 12.5. The van der Waals surface area contributed by atoms with E-state index in [4.69, 9.17) is 0 Å². The van der Waals surface area contributed by atoms with Gasteiger partial charge in [0, 0.05) is 6.54 Å². The number of hydrogen-bond acceptors (Lipinski definition) is 3. The van der Waals surface area contributed by atoms with Gasteiger partial charge in [0.05, 0.1) is 12.2 Å². The molecule has 0 saturated carbocycles. The van der Waals surface area contributed by atoms with Crippen molar-refractivity contribution < 1.29 is 4.79 Å². The number of nitrogens with one attached hydrogen (secondary N) is 1. The highest BCUT2D eigenvalue weighted by molar-refractivity contribution is 5.84. The molecule has 2 aliphatic heterocycles. The number of carbonyl (C=O) groups is 1. The van der Waals surface area contributed by atoms with Gasteiger partial charge in [0.2, 0.25) is 5.91 Å². The molecule has 2 unspecified atom stereocenters. The molecule has 2 rings (SSSR count). The normalized spacial score (nSPS) is 27.7. The summed E-state index contributed by atoms with van der Waals surface area (Å²) in [6.45, 7) is 8.93. The van der Waals surface area contributed by atoms with Crippen LogP contribution < -0.4 is 5.32 Å². The highest BCUT2D eigenvalue weighted by Gasteiger charge is 2.36. The minimum absolute atomic E-state index is 0.0756. The van der Waals surface area contributed by atoms with Crippen LogP contribution in [0.3, 0.4) is 0 Å². The summed E-state index contributed by atoms with van der Waals surface area (Å²) in [7, 11) is 0. The molecule has 1 N–H and O–H groups in total. The molecule has 2 aliphatic rings. The zero-order valence-electron chi connectivity index (χ0n) is 13.2. The molecule has 0 aromatic rings. The summed E-state index contributed by atoms with van der Waals surface area (Å²) < 4.78 is 0. The Morgan fingerprint density at radius 1 is 1.15 bits per heavy atom. The number of hydrogen-bond donors (Lipinski definition) is 1. The van der Waals surface area contributed by atoms with E-state index in [2.05, 4.69) is 29.0 Å². The van der Waals surface area contributed by atoms with E-state index in [0.29, 0.717) is 5.91 Å². The molecule has 116 valence electrons. The Labute approximate surface area is 123 Å². The maximum Gasteiger partial charge on any atom is 0.241 e. The lowest BCUT2D eigenvalue weighted by Gasteiger charge is -2.24. The van der Waals surface area contributed by atoms with Gasteiger partial charge in [-0.2, -0.15) is 0 Å². The van der Waals surface area contributed by atoms with Crippen LogP contribution in [0.1, 0.15) is 58.8 Å². The van der Waals surface area contributed by atoms with E-state index in [9.17, 15) is 4.79 Å². The average Bonchev–Trinajstić information content (AvgIpc) is 3.06. The standard InChI is InChI=1S/C16H31N3O/c1-3-5-9-14-16(20)19(15(4-2)17-14)13-8-12-18-10-6-7-11-18/h14-15,17H,3-13H2,1-2H3. The zero-order valence-corrected chi connectivity index (χ0v) is 13.2. The van der Waals surface area contributed by atoms with Crippen molar-refractivity contribution in [2.24, 2.45) is 0 Å². The molecule has 1 amide bonds. The van der Waals surface area contributed by atoms with Gasteiger partial charge < -0.3 is 9.80 Å². The van der Waals surface area contributed by atoms with Crippen molar-refractivity contribution in [1.82, 2.24) is 15.1 Å². The van der Waals surface area contributed by atoms with Crippen LogP contribution in [0, 0.1) is 0 Å². The molecule has 0 bridgehead atoms. The number of amides is 1. The molecular formula is C16H31N3O. The van der Waals surface area contributed by atoms with Crippen molar-refractivity contribution >= 4 is 5.91 Å². The Morgan fingerprint density at radius 3 is 2.55 bits per heavy atom. The first-order chi connectivity index (χ1) is 9.76. The van der Waals surface area contributed by atoms with Crippen molar-refractivity contribution in [3.05, 3.63) is 0 Å². The second kappa shape index (κ2) is 7.99. The molecule has 2 saturated heterocycles. The first kappa shape index (κ1) is 15.8. The molecule has 2 atom stereocenters. The van der Waals surface area contributed by atoms with Crippen LogP contribution in [0.5, 0.6) is 0 Å². The van der Waals surface area contributed by atoms with Crippen molar-refractivity contribution in [1.29, 1.82) is 0 Å². The Hall–Kier alpha value is -0.610. The van der Waals surface area contributed by atoms with E-state index in [1.807, 2.05) is 0 Å². The largest absolute Gasteiger partial charge is 0.326 e. The molecule has 0 aromatic carbocycles. The topological polar surface area (TPSA) is 35.6 Å². The van der Waals surface area contributed by atoms with Gasteiger partial charge in [-0.05, 0) is 51.7 Å². The summed E-state index contributed by atoms with van der Waals surface area (Å²) in [5.74, 6) is 0.340. The number of carbonyl (C=O) groups excluding carboxylic acids is 1. The minimum Gasteiger partial charge on any atom is -0.326 e. The van der Waals surface area contributed by atoms with Gasteiger partial charge in [-0.1, -0.05) is 26.7 Å². The van der Waals surface area contributed by atoms with E-state index in [-0.39, 0.29) is 12.2 Å². The second-order valence-electron chi connectivity index (χ2n) is 6.22. The second-order valence-corrected chi connectivity index (χ2v) is 6.22. The Kier molecular flexibility index (Phi) is 6.30. The summed E-state index contributed by atoms with van der Waals surface area (Å²) in [6.07, 6.45) is 8.39. The van der Waals surface area contributed by atoms with Crippen LogP contribution in [-0.2, 0) is 4.79 Å². The lowest BCUT2D eigenvalue weighted by Crippen LogP contribution is -2.38. The van der Waals surface area contributed by atoms with E-state index in [1.54, 1.807) is 0 Å². The van der Waals surface area contributed by atoms with Crippen molar-refractivity contribution in [2.45, 2.75) is 71.0 Å². The number of rotatable bonds is 8. The van der Waals surface area contributed by atoms with Crippen LogP contribution in [0.2, 0.25) is 0 Å². The molecular weight excluding hydrogens is 250 g/mol. The van der Waals surface area contributed by atoms with Crippen molar-refractivity contribution in [2.75, 3.05) is 26.2 Å². The number of unbranched alkanes of at least 4 members (excludes halogenated alkanes) is 1. The molecule has 20 heavy (non-hydrogen) atoms. The fourth-order valence-electron chi connectivity index (χ4n) is 3.44. The summed E-state index contributed by atoms with van der Waals surface area (Å²) in [6, 6.07) is 0.0756. The summed E-state index contributed by atoms with van der Waals surface area (Å²) in [5, 5.41) is 3.52. The van der Waals surface area contributed by atoms with Crippen LogP contribution in [0.15, 0.2) is 0 Å². The summed E-state index contributed by atoms with van der Waals surface area (Å²) in [5.41, 5.74) is 0. The van der Waals surface area contributed by atoms with Crippen LogP contribution in [0.25, 0.3) is 0 Å². The summed E-state index contributed by atoms with van der Waals surface area (Å²) >= 11 is 0. The summed E-state index contributed by atoms with van der Waals surface area (Å²) in [4.78, 5) is 17.1. The highest BCUT2D eigenvalue weighted by atomic mass is 16.2. The van der Waals surface area contributed by atoms with Crippen LogP contribution >= 0.6 is 0 Å². The lowest BCUT2D eigenvalue weighted by atomic mass is 10.1. The third-order valence-corrected chi connectivity index (χ3v) is 4.66. The SMILES string of the molecule is CCCCC1NC(CC)N(CCCN2CCCC2)C1=O. The van der Waals surface area contributed by atoms with Crippen LogP contribution in [0.4, 0.5) is 0 Å². The quantitative estimate of drug-likeness (QED) is 0.741. The van der Waals surface area contributed by atoms with E-state index >= 15 is 0 Å². The molecule has 4 nitrogen and oxygen atoms in total. The molecule has 0 radical (unpaired) electrons. The van der Waals surface area contributed by atoms with Gasteiger partial charge in [0.1, 0.15) is 0 Å². The third kappa shape index (κ3) is 3.95. The number of nitrogens with zero attached hydrogens (tertiary/aromatic N) is 2. The minimum atomic E-state index is 0.0756. The molecule has 2 heterocycles. The van der Waals surface area contributed by atoms with E-state index < -0.39 is 0 Å². The third-order valence-electron chi connectivity index (χ3n) is 4.66. The van der Waals surface area contributed by atoms with Gasteiger partial charge in [-0.25, -0.2) is 0 Å². The van der Waals surface area contributed by atoms with Gasteiger partial charge >= 0.3 is 0 Å². The smallest absolute Gasteiger partial charge is 0.241 e. The Morgan fingerprint density at radius 2 is 1.90 bits per heavy atom. The van der Waals surface area contributed by atoms with Gasteiger partial charge in [0.25, 0.3) is 0 Å².